The van der Waals surface area contributed by atoms with E-state index in [9.17, 15) is 4.79 Å². The monoisotopic (exact) mass is 311 g/mol. The van der Waals surface area contributed by atoms with E-state index in [2.05, 4.69) is 15.3 Å². The molecule has 0 aliphatic carbocycles. The van der Waals surface area contributed by atoms with Gasteiger partial charge in [-0.3, -0.25) is 4.79 Å². The van der Waals surface area contributed by atoms with Crippen molar-refractivity contribution in [2.75, 3.05) is 0 Å². The molecule has 2 aromatic heterocycles. The summed E-state index contributed by atoms with van der Waals surface area (Å²) < 4.78 is 5.51. The van der Waals surface area contributed by atoms with Gasteiger partial charge in [0.05, 0.1) is 17.1 Å². The molecule has 2 heterocycles. The second-order valence-corrected chi connectivity index (χ2v) is 5.86. The number of hydrogen-bond donors (Lipinski definition) is 2. The van der Waals surface area contributed by atoms with E-state index in [1.165, 1.54) is 0 Å². The van der Waals surface area contributed by atoms with Gasteiger partial charge in [0.2, 0.25) is 5.91 Å². The number of carbonyl (C=O) groups is 1. The van der Waals surface area contributed by atoms with Crippen LogP contribution in [0.3, 0.4) is 0 Å². The molecule has 5 heteroatoms. The van der Waals surface area contributed by atoms with Gasteiger partial charge in [0.15, 0.2) is 0 Å². The summed E-state index contributed by atoms with van der Waals surface area (Å²) in [4.78, 5) is 19.9. The van der Waals surface area contributed by atoms with Crippen molar-refractivity contribution in [1.82, 2.24) is 15.3 Å². The molecule has 1 aromatic carbocycles. The highest BCUT2D eigenvalue weighted by Gasteiger charge is 2.15. The number of nitrogens with one attached hydrogen (secondary N) is 2. The molecule has 3 aromatic rings. The quantitative estimate of drug-likeness (QED) is 0.756. The minimum Gasteiger partial charge on any atom is -0.466 e. The highest BCUT2D eigenvalue weighted by atomic mass is 16.3. The Hall–Kier alpha value is -2.56. The lowest BCUT2D eigenvalue weighted by atomic mass is 10.1. The van der Waals surface area contributed by atoms with E-state index in [1.807, 2.05) is 51.1 Å². The normalized spacial score (nSPS) is 12.5. The van der Waals surface area contributed by atoms with Crippen molar-refractivity contribution in [3.8, 4) is 0 Å². The van der Waals surface area contributed by atoms with E-state index in [0.29, 0.717) is 12.8 Å². The van der Waals surface area contributed by atoms with Gasteiger partial charge in [-0.25, -0.2) is 4.98 Å². The number of furan rings is 1. The molecule has 3 rings (SSSR count). The minimum atomic E-state index is -0.0596. The number of carbonyl (C=O) groups excluding carboxylic acids is 1. The van der Waals surface area contributed by atoms with Crippen molar-refractivity contribution in [3.05, 3.63) is 53.2 Å². The number of nitrogens with zero attached hydrogens (tertiary/aromatic N) is 1. The van der Waals surface area contributed by atoms with Gasteiger partial charge in [0.1, 0.15) is 17.3 Å². The van der Waals surface area contributed by atoms with Gasteiger partial charge in [-0.05, 0) is 39.0 Å². The number of rotatable bonds is 5. The lowest BCUT2D eigenvalue weighted by molar-refractivity contribution is -0.121. The standard InChI is InChI=1S/C18H21N3O2/c1-11-10-14(13(3)23-11)12(2)19-18(22)9-8-17-20-15-6-4-5-7-16(15)21-17/h4-7,10,12H,8-9H2,1-3H3,(H,19,22)(H,20,21)/t12-/m0/s1. The zero-order valence-corrected chi connectivity index (χ0v) is 13.6. The van der Waals surface area contributed by atoms with Gasteiger partial charge >= 0.3 is 0 Å². The number of para-hydroxylation sites is 2. The van der Waals surface area contributed by atoms with Gasteiger partial charge in [-0.2, -0.15) is 0 Å². The molecular weight excluding hydrogens is 290 g/mol. The number of H-pyrrole nitrogens is 1. The van der Waals surface area contributed by atoms with E-state index >= 15 is 0 Å². The number of aryl methyl sites for hydroxylation is 3. The molecule has 0 fully saturated rings. The van der Waals surface area contributed by atoms with Crippen LogP contribution in [0, 0.1) is 13.8 Å². The maximum atomic E-state index is 12.2. The summed E-state index contributed by atoms with van der Waals surface area (Å²) in [6.45, 7) is 5.79. The summed E-state index contributed by atoms with van der Waals surface area (Å²) in [7, 11) is 0. The smallest absolute Gasteiger partial charge is 0.220 e. The summed E-state index contributed by atoms with van der Waals surface area (Å²) in [6.07, 6.45) is 0.997. The third-order valence-corrected chi connectivity index (χ3v) is 3.95. The molecule has 0 unspecified atom stereocenters. The van der Waals surface area contributed by atoms with Crippen molar-refractivity contribution in [2.45, 2.75) is 39.7 Å². The van der Waals surface area contributed by atoms with Crippen molar-refractivity contribution in [3.63, 3.8) is 0 Å². The number of aromatic nitrogens is 2. The average molecular weight is 311 g/mol. The first-order valence-corrected chi connectivity index (χ1v) is 7.83. The van der Waals surface area contributed by atoms with Crippen LogP contribution in [0.4, 0.5) is 0 Å². The van der Waals surface area contributed by atoms with Gasteiger partial charge in [-0.15, -0.1) is 0 Å². The zero-order chi connectivity index (χ0) is 16.4. The summed E-state index contributed by atoms with van der Waals surface area (Å²) in [5.41, 5.74) is 2.96. The van der Waals surface area contributed by atoms with Crippen LogP contribution in [-0.4, -0.2) is 15.9 Å². The summed E-state index contributed by atoms with van der Waals surface area (Å²) in [5.74, 6) is 2.56. The second kappa shape index (κ2) is 6.28. The Balaban J connectivity index is 1.58. The molecule has 0 saturated heterocycles. The lowest BCUT2D eigenvalue weighted by Gasteiger charge is -2.12. The molecule has 0 aliphatic heterocycles. The van der Waals surface area contributed by atoms with Crippen LogP contribution < -0.4 is 5.32 Å². The van der Waals surface area contributed by atoms with E-state index in [1.54, 1.807) is 0 Å². The van der Waals surface area contributed by atoms with Crippen LogP contribution in [0.1, 0.15) is 42.3 Å². The molecule has 0 bridgehead atoms. The Kier molecular flexibility index (Phi) is 4.19. The van der Waals surface area contributed by atoms with Crippen LogP contribution >= 0.6 is 0 Å². The van der Waals surface area contributed by atoms with Gasteiger partial charge < -0.3 is 14.7 Å². The SMILES string of the molecule is Cc1cc([C@H](C)NC(=O)CCc2nc3ccccc3[nH]2)c(C)o1. The van der Waals surface area contributed by atoms with Crippen molar-refractivity contribution in [2.24, 2.45) is 0 Å². The largest absolute Gasteiger partial charge is 0.466 e. The van der Waals surface area contributed by atoms with Crippen LogP contribution in [-0.2, 0) is 11.2 Å². The van der Waals surface area contributed by atoms with Crippen molar-refractivity contribution < 1.29 is 9.21 Å². The third kappa shape index (κ3) is 3.44. The first-order valence-electron chi connectivity index (χ1n) is 7.83. The molecular formula is C18H21N3O2. The molecule has 0 saturated carbocycles. The van der Waals surface area contributed by atoms with Crippen LogP contribution in [0.5, 0.6) is 0 Å². The summed E-state index contributed by atoms with van der Waals surface area (Å²) >= 11 is 0. The Labute approximate surface area is 135 Å². The molecule has 2 N–H and O–H groups in total. The van der Waals surface area contributed by atoms with Gasteiger partial charge in [-0.1, -0.05) is 12.1 Å². The number of hydrogen-bond acceptors (Lipinski definition) is 3. The third-order valence-electron chi connectivity index (χ3n) is 3.95. The summed E-state index contributed by atoms with van der Waals surface area (Å²) in [5, 5.41) is 3.01. The zero-order valence-electron chi connectivity index (χ0n) is 13.6. The number of amides is 1. The molecule has 0 aliphatic rings. The van der Waals surface area contributed by atoms with Crippen molar-refractivity contribution >= 4 is 16.9 Å². The average Bonchev–Trinajstić information content (AvgIpc) is 3.07. The number of benzene rings is 1. The minimum absolute atomic E-state index is 0.0104. The Morgan fingerprint density at radius 3 is 2.83 bits per heavy atom. The lowest BCUT2D eigenvalue weighted by Crippen LogP contribution is -2.27. The van der Waals surface area contributed by atoms with Crippen LogP contribution in [0.2, 0.25) is 0 Å². The predicted octanol–water partition coefficient (Wildman–Crippen LogP) is 3.58. The Bertz CT molecular complexity index is 799. The van der Waals surface area contributed by atoms with Gasteiger partial charge in [0.25, 0.3) is 0 Å². The maximum Gasteiger partial charge on any atom is 0.220 e. The maximum absolute atomic E-state index is 12.2. The molecule has 0 radical (unpaired) electrons. The molecule has 23 heavy (non-hydrogen) atoms. The topological polar surface area (TPSA) is 70.9 Å². The number of aromatic amines is 1. The van der Waals surface area contributed by atoms with Crippen molar-refractivity contribution in [1.29, 1.82) is 0 Å². The van der Waals surface area contributed by atoms with E-state index in [-0.39, 0.29) is 11.9 Å². The number of imidazole rings is 1. The summed E-state index contributed by atoms with van der Waals surface area (Å²) in [6, 6.07) is 9.78. The molecule has 0 spiro atoms. The molecule has 1 amide bonds. The van der Waals surface area contributed by atoms with E-state index in [0.717, 1.165) is 33.9 Å². The number of fused-ring (bicyclic) bond motifs is 1. The fraction of sp³-hybridized carbons (Fsp3) is 0.333. The van der Waals surface area contributed by atoms with E-state index in [4.69, 9.17) is 4.42 Å². The highest BCUT2D eigenvalue weighted by Crippen LogP contribution is 2.21. The fourth-order valence-corrected chi connectivity index (χ4v) is 2.83. The second-order valence-electron chi connectivity index (χ2n) is 5.86. The highest BCUT2D eigenvalue weighted by molar-refractivity contribution is 5.77. The van der Waals surface area contributed by atoms with Crippen LogP contribution in [0.25, 0.3) is 11.0 Å². The Morgan fingerprint density at radius 2 is 2.13 bits per heavy atom. The van der Waals surface area contributed by atoms with Crippen LogP contribution in [0.15, 0.2) is 34.7 Å². The van der Waals surface area contributed by atoms with Gasteiger partial charge in [0, 0.05) is 18.4 Å². The fourth-order valence-electron chi connectivity index (χ4n) is 2.83. The molecule has 5 nitrogen and oxygen atoms in total. The predicted molar refractivity (Wildman–Crippen MR) is 89.2 cm³/mol. The Morgan fingerprint density at radius 1 is 1.35 bits per heavy atom. The first-order chi connectivity index (χ1) is 11.0. The first kappa shape index (κ1) is 15.3. The van der Waals surface area contributed by atoms with E-state index < -0.39 is 0 Å². The molecule has 1 atom stereocenters. The molecule has 120 valence electrons.